The van der Waals surface area contributed by atoms with Gasteiger partial charge in [0.1, 0.15) is 11.8 Å². The Morgan fingerprint density at radius 3 is 2.76 bits per heavy atom. The molecule has 84 valence electrons. The third-order valence-corrected chi connectivity index (χ3v) is 4.07. The summed E-state index contributed by atoms with van der Waals surface area (Å²) in [5.41, 5.74) is 0.769. The van der Waals surface area contributed by atoms with E-state index in [0.29, 0.717) is 6.04 Å². The molecule has 0 aliphatic carbocycles. The third-order valence-electron chi connectivity index (χ3n) is 3.10. The van der Waals surface area contributed by atoms with Crippen LogP contribution in [0.3, 0.4) is 0 Å². The van der Waals surface area contributed by atoms with E-state index in [0.717, 1.165) is 11.1 Å². The van der Waals surface area contributed by atoms with Gasteiger partial charge in [0.15, 0.2) is 0 Å². The molecular formula is C14H12N2S. The minimum Gasteiger partial charge on any atom is -0.336 e. The molecular weight excluding hydrogens is 228 g/mol. The molecule has 17 heavy (non-hydrogen) atoms. The molecule has 0 bridgehead atoms. The summed E-state index contributed by atoms with van der Waals surface area (Å²) in [6.45, 7) is 4.21. The lowest BCUT2D eigenvalue weighted by Crippen LogP contribution is -2.00. The first-order valence-corrected chi connectivity index (χ1v) is 6.51. The van der Waals surface area contributed by atoms with Crippen molar-refractivity contribution >= 4 is 32.2 Å². The summed E-state index contributed by atoms with van der Waals surface area (Å²) in [4.78, 5) is 0. The van der Waals surface area contributed by atoms with Crippen molar-refractivity contribution in [1.82, 2.24) is 4.57 Å². The minimum atomic E-state index is 0.312. The Bertz CT molecular complexity index is 741. The van der Waals surface area contributed by atoms with E-state index in [1.165, 1.54) is 15.5 Å². The van der Waals surface area contributed by atoms with Crippen molar-refractivity contribution in [3.05, 3.63) is 35.5 Å². The molecule has 1 aromatic carbocycles. The normalized spacial score (nSPS) is 11.4. The van der Waals surface area contributed by atoms with E-state index in [1.807, 2.05) is 0 Å². The van der Waals surface area contributed by atoms with Crippen LogP contribution in [0, 0.1) is 11.3 Å². The molecule has 2 aromatic heterocycles. The highest BCUT2D eigenvalue weighted by molar-refractivity contribution is 7.18. The Kier molecular flexibility index (Phi) is 2.20. The van der Waals surface area contributed by atoms with E-state index < -0.39 is 0 Å². The van der Waals surface area contributed by atoms with Crippen molar-refractivity contribution in [2.24, 2.45) is 0 Å². The van der Waals surface area contributed by atoms with Crippen LogP contribution in [0.1, 0.15) is 25.6 Å². The van der Waals surface area contributed by atoms with Gasteiger partial charge in [0.05, 0.1) is 0 Å². The highest BCUT2D eigenvalue weighted by atomic mass is 32.1. The second-order valence-electron chi connectivity index (χ2n) is 4.46. The van der Waals surface area contributed by atoms with Crippen molar-refractivity contribution in [1.29, 1.82) is 5.26 Å². The van der Waals surface area contributed by atoms with Crippen LogP contribution in [0.4, 0.5) is 0 Å². The van der Waals surface area contributed by atoms with E-state index in [-0.39, 0.29) is 0 Å². The average molecular weight is 240 g/mol. The Morgan fingerprint density at radius 1 is 1.24 bits per heavy atom. The van der Waals surface area contributed by atoms with Crippen LogP contribution in [0.2, 0.25) is 0 Å². The summed E-state index contributed by atoms with van der Waals surface area (Å²) in [5, 5.41) is 14.9. The number of rotatable bonds is 1. The van der Waals surface area contributed by atoms with Gasteiger partial charge in [-0.3, -0.25) is 0 Å². The molecule has 0 aliphatic rings. The van der Waals surface area contributed by atoms with Crippen LogP contribution < -0.4 is 0 Å². The minimum absolute atomic E-state index is 0.312. The number of aromatic nitrogens is 1. The van der Waals surface area contributed by atoms with E-state index in [2.05, 4.69) is 54.3 Å². The summed E-state index contributed by atoms with van der Waals surface area (Å²) in [6.07, 6.45) is 2.11. The molecule has 0 unspecified atom stereocenters. The molecule has 0 saturated carbocycles. The molecule has 0 saturated heterocycles. The van der Waals surface area contributed by atoms with Crippen LogP contribution in [-0.4, -0.2) is 4.57 Å². The van der Waals surface area contributed by atoms with Gasteiger partial charge in [-0.2, -0.15) is 5.26 Å². The van der Waals surface area contributed by atoms with Crippen LogP contribution in [0.5, 0.6) is 0 Å². The number of thiophene rings is 1. The van der Waals surface area contributed by atoms with Gasteiger partial charge in [-0.1, -0.05) is 12.1 Å². The lowest BCUT2D eigenvalue weighted by atomic mass is 10.1. The molecule has 2 heterocycles. The molecule has 3 heteroatoms. The fourth-order valence-electron chi connectivity index (χ4n) is 2.26. The largest absolute Gasteiger partial charge is 0.336 e. The summed E-state index contributed by atoms with van der Waals surface area (Å²) in [7, 11) is 0. The number of fused-ring (bicyclic) bond motifs is 3. The van der Waals surface area contributed by atoms with Crippen LogP contribution in [0.15, 0.2) is 29.8 Å². The number of hydrogen-bond donors (Lipinski definition) is 0. The van der Waals surface area contributed by atoms with Crippen molar-refractivity contribution in [3.8, 4) is 6.07 Å². The highest BCUT2D eigenvalue weighted by Crippen LogP contribution is 2.33. The van der Waals surface area contributed by atoms with Crippen molar-refractivity contribution in [2.75, 3.05) is 0 Å². The molecule has 0 radical (unpaired) electrons. The maximum atomic E-state index is 9.31. The lowest BCUT2D eigenvalue weighted by Gasteiger charge is -2.07. The monoisotopic (exact) mass is 240 g/mol. The van der Waals surface area contributed by atoms with Gasteiger partial charge in [0, 0.05) is 27.7 Å². The second kappa shape index (κ2) is 3.61. The first kappa shape index (κ1) is 10.4. The molecule has 0 amide bonds. The first-order chi connectivity index (χ1) is 8.22. The van der Waals surface area contributed by atoms with Crippen molar-refractivity contribution in [2.45, 2.75) is 19.9 Å². The van der Waals surface area contributed by atoms with Crippen LogP contribution >= 0.6 is 11.3 Å². The molecule has 0 spiro atoms. The molecule has 2 nitrogen and oxygen atoms in total. The van der Waals surface area contributed by atoms with Gasteiger partial charge in [0.2, 0.25) is 0 Å². The zero-order valence-corrected chi connectivity index (χ0v) is 10.6. The zero-order valence-electron chi connectivity index (χ0n) is 9.77. The van der Waals surface area contributed by atoms with E-state index in [9.17, 15) is 5.26 Å². The predicted molar refractivity (Wildman–Crippen MR) is 72.4 cm³/mol. The molecule has 0 atom stereocenters. The fraction of sp³-hybridized carbons (Fsp3) is 0.214. The van der Waals surface area contributed by atoms with Crippen LogP contribution in [-0.2, 0) is 0 Å². The predicted octanol–water partition coefficient (Wildman–Crippen LogP) is 4.31. The Balaban J connectivity index is 2.50. The van der Waals surface area contributed by atoms with Gasteiger partial charge >= 0.3 is 0 Å². The lowest BCUT2D eigenvalue weighted by molar-refractivity contribution is 0.600. The van der Waals surface area contributed by atoms with Gasteiger partial charge in [0.25, 0.3) is 0 Å². The quantitative estimate of drug-likeness (QED) is 0.623. The second-order valence-corrected chi connectivity index (χ2v) is 5.37. The molecule has 3 aromatic rings. The summed E-state index contributed by atoms with van der Waals surface area (Å²) < 4.78 is 3.34. The number of hydrogen-bond acceptors (Lipinski definition) is 2. The first-order valence-electron chi connectivity index (χ1n) is 5.63. The Morgan fingerprint density at radius 2 is 2.06 bits per heavy atom. The molecule has 0 N–H and O–H groups in total. The topological polar surface area (TPSA) is 28.7 Å². The zero-order chi connectivity index (χ0) is 12.0. The molecule has 0 aliphatic heterocycles. The van der Waals surface area contributed by atoms with E-state index >= 15 is 0 Å². The van der Waals surface area contributed by atoms with Crippen LogP contribution in [0.25, 0.3) is 20.9 Å². The molecule has 3 rings (SSSR count). The van der Waals surface area contributed by atoms with Gasteiger partial charge in [-0.05, 0) is 30.7 Å². The van der Waals surface area contributed by atoms with Crippen molar-refractivity contribution < 1.29 is 0 Å². The molecule has 0 fully saturated rings. The summed E-state index contributed by atoms with van der Waals surface area (Å²) >= 11 is 1.74. The third kappa shape index (κ3) is 1.38. The maximum absolute atomic E-state index is 9.31. The number of benzene rings is 1. The Hall–Kier alpha value is -1.79. The Labute approximate surface area is 104 Å². The average Bonchev–Trinajstić information content (AvgIpc) is 2.91. The smallest absolute Gasteiger partial charge is 0.128 e. The highest BCUT2D eigenvalue weighted by Gasteiger charge is 2.13. The van der Waals surface area contributed by atoms with Gasteiger partial charge < -0.3 is 4.57 Å². The summed E-state index contributed by atoms with van der Waals surface area (Å²) in [6, 6.07) is 8.91. The maximum Gasteiger partial charge on any atom is 0.128 e. The fourth-order valence-corrected chi connectivity index (χ4v) is 3.17. The van der Waals surface area contributed by atoms with Crippen molar-refractivity contribution in [3.63, 3.8) is 0 Å². The standard InChI is InChI=1S/C14H12N2S/c1-9(2)16-8-12-11(13(16)7-15)4-3-10-5-6-17-14(10)12/h3-6,8-9H,1-2H3. The summed E-state index contributed by atoms with van der Waals surface area (Å²) in [5.74, 6) is 0. The van der Waals surface area contributed by atoms with E-state index in [1.54, 1.807) is 11.3 Å². The van der Waals surface area contributed by atoms with E-state index in [4.69, 9.17) is 0 Å². The SMILES string of the molecule is CC(C)n1cc2c(ccc3ccsc32)c1C#N. The number of nitrogens with zero attached hydrogens (tertiary/aromatic N) is 2. The van der Waals surface area contributed by atoms with Gasteiger partial charge in [-0.15, -0.1) is 11.3 Å². The van der Waals surface area contributed by atoms with Gasteiger partial charge in [-0.25, -0.2) is 0 Å². The number of nitriles is 1.